The van der Waals surface area contributed by atoms with Gasteiger partial charge in [0, 0.05) is 13.5 Å². The second-order valence-corrected chi connectivity index (χ2v) is 7.31. The van der Waals surface area contributed by atoms with Crippen LogP contribution in [-0.2, 0) is 9.59 Å². The Morgan fingerprint density at radius 3 is 1.70 bits per heavy atom. The fourth-order valence-electron chi connectivity index (χ4n) is 3.00. The van der Waals surface area contributed by atoms with Crippen molar-refractivity contribution in [3.05, 3.63) is 12.2 Å². The van der Waals surface area contributed by atoms with Gasteiger partial charge in [-0.2, -0.15) is 0 Å². The zero-order chi connectivity index (χ0) is 19.5. The Balaban J connectivity index is 0. The molecule has 0 spiro atoms. The van der Waals surface area contributed by atoms with Gasteiger partial charge in [-0.05, 0) is 32.1 Å². The van der Waals surface area contributed by atoms with Crippen molar-refractivity contribution >= 4 is 11.9 Å². The minimum Gasteiger partial charge on any atom is -0.548 e. The van der Waals surface area contributed by atoms with E-state index in [1.807, 2.05) is 0 Å². The first-order chi connectivity index (χ1) is 12.6. The summed E-state index contributed by atoms with van der Waals surface area (Å²) in [6.07, 6.45) is 22.5. The van der Waals surface area contributed by atoms with Crippen LogP contribution in [0.15, 0.2) is 12.2 Å². The van der Waals surface area contributed by atoms with Crippen LogP contribution in [0, 0.1) is 0 Å². The number of unbranched alkanes of at least 4 members (excludes halogenated alkanes) is 12. The molecule has 1 amide bonds. The summed E-state index contributed by atoms with van der Waals surface area (Å²) in [5.74, 6) is -1.32. The van der Waals surface area contributed by atoms with E-state index in [2.05, 4.69) is 19.1 Å². The number of likely N-dealkylation sites (N-methyl/N-ethyl adjacent to an activating group) is 1. The van der Waals surface area contributed by atoms with E-state index in [0.29, 0.717) is 6.42 Å². The first-order valence-corrected chi connectivity index (χ1v) is 10.7. The van der Waals surface area contributed by atoms with Gasteiger partial charge < -0.3 is 14.8 Å². The fourth-order valence-corrected chi connectivity index (χ4v) is 3.00. The molecular weight excluding hydrogens is 349 g/mol. The quantitative estimate of drug-likeness (QED) is 0.203. The molecule has 4 nitrogen and oxygen atoms in total. The molecule has 0 aliphatic heterocycles. The minimum atomic E-state index is -1.21. The maximum absolute atomic E-state index is 11.7. The van der Waals surface area contributed by atoms with Crippen LogP contribution in [0.25, 0.3) is 0 Å². The van der Waals surface area contributed by atoms with Gasteiger partial charge in [0.15, 0.2) is 0 Å². The number of carbonyl (C=O) groups is 2. The molecule has 0 radical (unpaired) electrons. The van der Waals surface area contributed by atoms with Gasteiger partial charge in [-0.3, -0.25) is 4.79 Å². The van der Waals surface area contributed by atoms with Crippen LogP contribution in [0.5, 0.6) is 0 Å². The first kappa shape index (κ1) is 28.9. The number of aliphatic carboxylic acids is 1. The number of allylic oxidation sites excluding steroid dienone is 2. The molecule has 152 valence electrons. The monoisotopic (exact) mass is 389 g/mol. The molecule has 0 aromatic heterocycles. The SMILES string of the molecule is CCCCCCCCC/C=C\CCCCCCCC(=O)N(C)CC(=O)[O-].[Na+]. The van der Waals surface area contributed by atoms with E-state index in [-0.39, 0.29) is 42.0 Å². The number of amides is 1. The van der Waals surface area contributed by atoms with E-state index < -0.39 is 5.97 Å². The predicted octanol–water partition coefficient (Wildman–Crippen LogP) is 1.63. The molecule has 0 rings (SSSR count). The van der Waals surface area contributed by atoms with Crippen molar-refractivity contribution in [2.75, 3.05) is 13.6 Å². The molecule has 0 aliphatic carbocycles. The van der Waals surface area contributed by atoms with Gasteiger partial charge >= 0.3 is 29.6 Å². The molecule has 0 saturated carbocycles. The number of nitrogens with zero attached hydrogens (tertiary/aromatic N) is 1. The first-order valence-electron chi connectivity index (χ1n) is 10.7. The summed E-state index contributed by atoms with van der Waals surface area (Å²) >= 11 is 0. The van der Waals surface area contributed by atoms with Crippen molar-refractivity contribution in [3.63, 3.8) is 0 Å². The smallest absolute Gasteiger partial charge is 0.548 e. The Kier molecular flexibility index (Phi) is 23.5. The number of carboxylic acids is 1. The third kappa shape index (κ3) is 21.8. The summed E-state index contributed by atoms with van der Waals surface area (Å²) in [5.41, 5.74) is 0. The number of hydrogen-bond acceptors (Lipinski definition) is 3. The molecule has 0 aliphatic rings. The molecule has 27 heavy (non-hydrogen) atoms. The van der Waals surface area contributed by atoms with Crippen LogP contribution in [0.4, 0.5) is 0 Å². The van der Waals surface area contributed by atoms with Crippen molar-refractivity contribution in [1.82, 2.24) is 4.90 Å². The van der Waals surface area contributed by atoms with Gasteiger partial charge in [-0.25, -0.2) is 0 Å². The van der Waals surface area contributed by atoms with Crippen LogP contribution in [-0.4, -0.2) is 30.4 Å². The van der Waals surface area contributed by atoms with E-state index >= 15 is 0 Å². The summed E-state index contributed by atoms with van der Waals surface area (Å²) < 4.78 is 0. The molecule has 0 N–H and O–H groups in total. The van der Waals surface area contributed by atoms with Gasteiger partial charge in [0.05, 0.1) is 12.5 Å². The second-order valence-electron chi connectivity index (χ2n) is 7.31. The average Bonchev–Trinajstić information content (AvgIpc) is 2.60. The average molecular weight is 390 g/mol. The van der Waals surface area contributed by atoms with Gasteiger partial charge in [-0.15, -0.1) is 0 Å². The van der Waals surface area contributed by atoms with E-state index in [0.717, 1.165) is 25.7 Å². The van der Waals surface area contributed by atoms with Crippen molar-refractivity contribution in [2.24, 2.45) is 0 Å². The van der Waals surface area contributed by atoms with Gasteiger partial charge in [-0.1, -0.05) is 76.9 Å². The molecule has 0 heterocycles. The van der Waals surface area contributed by atoms with Crippen LogP contribution in [0.1, 0.15) is 103 Å². The van der Waals surface area contributed by atoms with Crippen molar-refractivity contribution in [1.29, 1.82) is 0 Å². The molecule has 0 aromatic carbocycles. The number of hydrogen-bond donors (Lipinski definition) is 0. The van der Waals surface area contributed by atoms with Gasteiger partial charge in [0.25, 0.3) is 0 Å². The molecular formula is C22H40NNaO3. The van der Waals surface area contributed by atoms with Crippen molar-refractivity contribution < 1.29 is 44.3 Å². The number of carboxylic acid groups (broad SMARTS) is 1. The molecule has 0 unspecified atom stereocenters. The van der Waals surface area contributed by atoms with Crippen LogP contribution < -0.4 is 34.7 Å². The summed E-state index contributed by atoms with van der Waals surface area (Å²) in [4.78, 5) is 23.3. The normalized spacial score (nSPS) is 10.7. The molecule has 0 aromatic rings. The third-order valence-corrected chi connectivity index (χ3v) is 4.69. The summed E-state index contributed by atoms with van der Waals surface area (Å²) in [6.45, 7) is 1.94. The topological polar surface area (TPSA) is 60.4 Å². The number of rotatable bonds is 18. The van der Waals surface area contributed by atoms with Crippen LogP contribution >= 0.6 is 0 Å². The van der Waals surface area contributed by atoms with Gasteiger partial charge in [0.2, 0.25) is 5.91 Å². The Morgan fingerprint density at radius 2 is 1.22 bits per heavy atom. The molecule has 0 bridgehead atoms. The van der Waals surface area contributed by atoms with Crippen molar-refractivity contribution in [3.8, 4) is 0 Å². The Hall–Kier alpha value is -0.320. The van der Waals surface area contributed by atoms with Crippen molar-refractivity contribution in [2.45, 2.75) is 103 Å². The zero-order valence-corrected chi connectivity index (χ0v) is 20.1. The minimum absolute atomic E-state index is 0. The second kappa shape index (κ2) is 22.0. The van der Waals surface area contributed by atoms with Crippen LogP contribution in [0.2, 0.25) is 0 Å². The van der Waals surface area contributed by atoms with E-state index in [1.54, 1.807) is 0 Å². The summed E-state index contributed by atoms with van der Waals surface area (Å²) in [5, 5.41) is 10.4. The molecule has 0 fully saturated rings. The molecule has 0 atom stereocenters. The van der Waals surface area contributed by atoms with E-state index in [1.165, 1.54) is 76.2 Å². The van der Waals surface area contributed by atoms with E-state index in [4.69, 9.17) is 0 Å². The number of carbonyl (C=O) groups excluding carboxylic acids is 2. The Morgan fingerprint density at radius 1 is 0.778 bits per heavy atom. The predicted molar refractivity (Wildman–Crippen MR) is 107 cm³/mol. The zero-order valence-electron chi connectivity index (χ0n) is 18.1. The summed E-state index contributed by atoms with van der Waals surface area (Å²) in [7, 11) is 1.51. The van der Waals surface area contributed by atoms with Gasteiger partial charge in [0.1, 0.15) is 0 Å². The molecule has 5 heteroatoms. The maximum Gasteiger partial charge on any atom is 1.00 e. The standard InChI is InChI=1S/C22H41NO3.Na/c1-3-4-5-6-7-8-9-10-11-12-13-14-15-16-17-18-19-21(24)23(2)20-22(25)26;/h11-12H,3-10,13-20H2,1-2H3,(H,25,26);/q;+1/p-1/b12-11-;. The maximum atomic E-state index is 11.7. The largest absolute Gasteiger partial charge is 1.00 e. The van der Waals surface area contributed by atoms with Crippen LogP contribution in [0.3, 0.4) is 0 Å². The Labute approximate surface area is 189 Å². The Bertz CT molecular complexity index is 386. The molecule has 0 saturated heterocycles. The fraction of sp³-hybridized carbons (Fsp3) is 0.818. The van der Waals surface area contributed by atoms with E-state index in [9.17, 15) is 14.7 Å². The third-order valence-electron chi connectivity index (χ3n) is 4.69. The summed E-state index contributed by atoms with van der Waals surface area (Å²) in [6, 6.07) is 0.